The zero-order valence-corrected chi connectivity index (χ0v) is 11.6. The van der Waals surface area contributed by atoms with E-state index in [1.54, 1.807) is 0 Å². The van der Waals surface area contributed by atoms with Crippen molar-refractivity contribution in [3.63, 3.8) is 0 Å². The predicted octanol–water partition coefficient (Wildman–Crippen LogP) is 1.32. The van der Waals surface area contributed by atoms with Gasteiger partial charge in [-0.05, 0) is 26.0 Å². The standard InChI is InChI=1S/C15H19NO4/c1-15(2)19-13-10-8-18-16(9-6-4-3-5-7-9)11(10)12(17)14(13)20-15/h3-7,10-14,17H,8H2,1-2H3/t10-,11+,12+,13+,14-/m1/s1. The van der Waals surface area contributed by atoms with Crippen LogP contribution in [0, 0.1) is 5.92 Å². The highest BCUT2D eigenvalue weighted by Crippen LogP contribution is 2.47. The van der Waals surface area contributed by atoms with Crippen molar-refractivity contribution in [3.8, 4) is 0 Å². The molecule has 0 bridgehead atoms. The second-order valence-electron chi connectivity index (χ2n) is 6.17. The second kappa shape index (κ2) is 4.18. The van der Waals surface area contributed by atoms with Crippen LogP contribution in [0.2, 0.25) is 0 Å². The fourth-order valence-corrected chi connectivity index (χ4v) is 3.63. The molecule has 1 saturated carbocycles. The second-order valence-corrected chi connectivity index (χ2v) is 6.17. The minimum absolute atomic E-state index is 0.0984. The van der Waals surface area contributed by atoms with Crippen LogP contribution in [0.15, 0.2) is 30.3 Å². The van der Waals surface area contributed by atoms with E-state index in [2.05, 4.69) is 0 Å². The van der Waals surface area contributed by atoms with E-state index in [1.165, 1.54) is 0 Å². The van der Waals surface area contributed by atoms with E-state index < -0.39 is 11.9 Å². The van der Waals surface area contributed by atoms with E-state index in [0.29, 0.717) is 6.61 Å². The van der Waals surface area contributed by atoms with Gasteiger partial charge >= 0.3 is 0 Å². The minimum Gasteiger partial charge on any atom is -0.388 e. The van der Waals surface area contributed by atoms with Crippen LogP contribution >= 0.6 is 0 Å². The van der Waals surface area contributed by atoms with E-state index in [0.717, 1.165) is 5.69 Å². The van der Waals surface area contributed by atoms with E-state index >= 15 is 0 Å². The van der Waals surface area contributed by atoms with E-state index in [9.17, 15) is 5.11 Å². The summed E-state index contributed by atoms with van der Waals surface area (Å²) in [6.07, 6.45) is -0.969. The minimum atomic E-state index is -0.624. The van der Waals surface area contributed by atoms with Gasteiger partial charge in [-0.1, -0.05) is 18.2 Å². The number of nitrogens with zero attached hydrogens (tertiary/aromatic N) is 1. The van der Waals surface area contributed by atoms with Gasteiger partial charge in [0.25, 0.3) is 0 Å². The average molecular weight is 277 g/mol. The van der Waals surface area contributed by atoms with Crippen molar-refractivity contribution in [1.29, 1.82) is 0 Å². The number of anilines is 1. The lowest BCUT2D eigenvalue weighted by atomic mass is 10.0. The van der Waals surface area contributed by atoms with Gasteiger partial charge in [-0.2, -0.15) is 0 Å². The predicted molar refractivity (Wildman–Crippen MR) is 72.0 cm³/mol. The lowest BCUT2D eigenvalue weighted by Crippen LogP contribution is -2.43. The monoisotopic (exact) mass is 277 g/mol. The lowest BCUT2D eigenvalue weighted by molar-refractivity contribution is -0.166. The fourth-order valence-electron chi connectivity index (χ4n) is 3.63. The molecular weight excluding hydrogens is 258 g/mol. The highest BCUT2D eigenvalue weighted by atomic mass is 16.8. The largest absolute Gasteiger partial charge is 0.388 e. The Morgan fingerprint density at radius 1 is 1.15 bits per heavy atom. The molecule has 1 aliphatic carbocycles. The third-order valence-corrected chi connectivity index (χ3v) is 4.40. The number of benzene rings is 1. The summed E-state index contributed by atoms with van der Waals surface area (Å²) >= 11 is 0. The Morgan fingerprint density at radius 2 is 1.85 bits per heavy atom. The Balaban J connectivity index is 1.63. The molecule has 0 aromatic heterocycles. The Labute approximate surface area is 118 Å². The molecule has 2 heterocycles. The number of hydrogen-bond donors (Lipinski definition) is 1. The average Bonchev–Trinajstić information content (AvgIpc) is 3.04. The van der Waals surface area contributed by atoms with Gasteiger partial charge in [0, 0.05) is 5.92 Å². The third kappa shape index (κ3) is 1.71. The van der Waals surface area contributed by atoms with Crippen molar-refractivity contribution >= 4 is 5.69 Å². The normalized spacial score (nSPS) is 41.8. The highest BCUT2D eigenvalue weighted by molar-refractivity contribution is 5.46. The topological polar surface area (TPSA) is 51.2 Å². The first-order valence-electron chi connectivity index (χ1n) is 7.08. The highest BCUT2D eigenvalue weighted by Gasteiger charge is 2.62. The van der Waals surface area contributed by atoms with Gasteiger partial charge in [-0.15, -0.1) is 0 Å². The number of aliphatic hydroxyl groups excluding tert-OH is 1. The van der Waals surface area contributed by atoms with Crippen LogP contribution in [0.5, 0.6) is 0 Å². The van der Waals surface area contributed by atoms with Crippen LogP contribution in [0.25, 0.3) is 0 Å². The van der Waals surface area contributed by atoms with Crippen LogP contribution in [0.1, 0.15) is 13.8 Å². The summed E-state index contributed by atoms with van der Waals surface area (Å²) in [5, 5.41) is 12.4. The van der Waals surface area contributed by atoms with Gasteiger partial charge < -0.3 is 14.6 Å². The molecule has 3 fully saturated rings. The van der Waals surface area contributed by atoms with Gasteiger partial charge in [0.15, 0.2) is 5.79 Å². The van der Waals surface area contributed by atoms with Gasteiger partial charge in [0.2, 0.25) is 0 Å². The molecule has 2 saturated heterocycles. The molecule has 2 aliphatic heterocycles. The molecule has 1 aromatic carbocycles. The molecule has 20 heavy (non-hydrogen) atoms. The van der Waals surface area contributed by atoms with E-state index in [-0.39, 0.29) is 24.2 Å². The first kappa shape index (κ1) is 12.6. The molecule has 5 atom stereocenters. The number of aliphatic hydroxyl groups is 1. The molecule has 0 spiro atoms. The maximum Gasteiger partial charge on any atom is 0.163 e. The lowest BCUT2D eigenvalue weighted by Gasteiger charge is -2.29. The Kier molecular flexibility index (Phi) is 2.63. The number of fused-ring (bicyclic) bond motifs is 3. The van der Waals surface area contributed by atoms with Gasteiger partial charge in [-0.3, -0.25) is 4.84 Å². The van der Waals surface area contributed by atoms with Crippen molar-refractivity contribution in [2.24, 2.45) is 5.92 Å². The summed E-state index contributed by atoms with van der Waals surface area (Å²) in [5.74, 6) is -0.487. The molecule has 0 radical (unpaired) electrons. The van der Waals surface area contributed by atoms with Gasteiger partial charge in [0.05, 0.1) is 24.4 Å². The molecule has 108 valence electrons. The number of hydrogen-bond acceptors (Lipinski definition) is 5. The summed E-state index contributed by atoms with van der Waals surface area (Å²) < 4.78 is 11.8. The van der Waals surface area contributed by atoms with E-state index in [1.807, 2.05) is 49.2 Å². The maximum atomic E-state index is 10.6. The summed E-state index contributed by atoms with van der Waals surface area (Å²) in [7, 11) is 0. The van der Waals surface area contributed by atoms with Crippen LogP contribution < -0.4 is 5.06 Å². The molecule has 3 aliphatic rings. The van der Waals surface area contributed by atoms with Crippen LogP contribution in [0.3, 0.4) is 0 Å². The Bertz CT molecular complexity index is 506. The quantitative estimate of drug-likeness (QED) is 0.839. The molecule has 1 aromatic rings. The summed E-state index contributed by atoms with van der Waals surface area (Å²) in [6, 6.07) is 9.74. The van der Waals surface area contributed by atoms with Gasteiger partial charge in [-0.25, -0.2) is 5.06 Å². The van der Waals surface area contributed by atoms with Crippen molar-refractivity contribution in [3.05, 3.63) is 30.3 Å². The molecule has 0 amide bonds. The zero-order chi connectivity index (χ0) is 13.9. The number of para-hydroxylation sites is 1. The van der Waals surface area contributed by atoms with E-state index in [4.69, 9.17) is 14.3 Å². The van der Waals surface area contributed by atoms with Crippen LogP contribution in [0.4, 0.5) is 5.69 Å². The first-order chi connectivity index (χ1) is 9.57. The van der Waals surface area contributed by atoms with Gasteiger partial charge in [0.1, 0.15) is 12.2 Å². The maximum absolute atomic E-state index is 10.6. The van der Waals surface area contributed by atoms with Crippen LogP contribution in [-0.2, 0) is 14.3 Å². The molecule has 4 rings (SSSR count). The Morgan fingerprint density at radius 3 is 2.60 bits per heavy atom. The number of hydroxylamine groups is 1. The Hall–Kier alpha value is -1.14. The number of ether oxygens (including phenoxy) is 2. The van der Waals surface area contributed by atoms with Crippen molar-refractivity contribution in [1.82, 2.24) is 0 Å². The SMILES string of the molecule is CC1(C)O[C@@H]2[C@@H](O)[C@@H]3[C@@H](CON3c3ccccc3)[C@@H]2O1. The van der Waals surface area contributed by atoms with Crippen LogP contribution in [-0.4, -0.2) is 41.9 Å². The summed E-state index contributed by atoms with van der Waals surface area (Å²) in [5.41, 5.74) is 0.957. The molecule has 0 unspecified atom stereocenters. The zero-order valence-electron chi connectivity index (χ0n) is 11.6. The number of rotatable bonds is 1. The van der Waals surface area contributed by atoms with Crippen molar-refractivity contribution < 1.29 is 19.4 Å². The molecule has 1 N–H and O–H groups in total. The fraction of sp³-hybridized carbons (Fsp3) is 0.600. The molecule has 5 heteroatoms. The smallest absolute Gasteiger partial charge is 0.163 e. The van der Waals surface area contributed by atoms with Crippen molar-refractivity contribution in [2.45, 2.75) is 44.0 Å². The van der Waals surface area contributed by atoms with Crippen molar-refractivity contribution in [2.75, 3.05) is 11.7 Å². The summed E-state index contributed by atoms with van der Waals surface area (Å²) in [4.78, 5) is 5.79. The molecule has 5 nitrogen and oxygen atoms in total. The first-order valence-corrected chi connectivity index (χ1v) is 7.08. The molecular formula is C15H19NO4. The summed E-state index contributed by atoms with van der Waals surface area (Å²) in [6.45, 7) is 4.33. The third-order valence-electron chi connectivity index (χ3n) is 4.40.